The zero-order chi connectivity index (χ0) is 16.9. The van der Waals surface area contributed by atoms with Crippen LogP contribution in [0.3, 0.4) is 0 Å². The van der Waals surface area contributed by atoms with Crippen LogP contribution in [-0.4, -0.2) is 51.9 Å². The highest BCUT2D eigenvalue weighted by Gasteiger charge is 2.57. The average Bonchev–Trinajstić information content (AvgIpc) is 3.18. The van der Waals surface area contributed by atoms with E-state index in [1.54, 1.807) is 6.92 Å². The first kappa shape index (κ1) is 14.7. The van der Waals surface area contributed by atoms with Gasteiger partial charge >= 0.3 is 5.97 Å². The Kier molecular flexibility index (Phi) is 3.09. The van der Waals surface area contributed by atoms with E-state index < -0.39 is 11.4 Å². The number of carbonyl (C=O) groups is 2. The van der Waals surface area contributed by atoms with Crippen molar-refractivity contribution in [3.8, 4) is 5.75 Å². The van der Waals surface area contributed by atoms with Gasteiger partial charge in [-0.25, -0.2) is 4.63 Å². The van der Waals surface area contributed by atoms with E-state index in [0.29, 0.717) is 11.4 Å². The fourth-order valence-electron chi connectivity index (χ4n) is 3.57. The number of aliphatic carboxylic acids is 1. The molecule has 0 radical (unpaired) electrons. The number of benzene rings is 1. The summed E-state index contributed by atoms with van der Waals surface area (Å²) in [6.07, 6.45) is 0. The molecule has 0 unspecified atom stereocenters. The number of amides is 1. The summed E-state index contributed by atoms with van der Waals surface area (Å²) in [6.45, 7) is 2.01. The summed E-state index contributed by atoms with van der Waals surface area (Å²) in [6, 6.07) is 7.36. The number of fused-ring (bicyclic) bond motifs is 3. The van der Waals surface area contributed by atoms with E-state index in [2.05, 4.69) is 14.9 Å². The molecule has 1 saturated heterocycles. The van der Waals surface area contributed by atoms with Crippen molar-refractivity contribution >= 4 is 11.9 Å². The molecule has 0 saturated carbocycles. The van der Waals surface area contributed by atoms with Crippen LogP contribution in [0.4, 0.5) is 0 Å². The van der Waals surface area contributed by atoms with Crippen LogP contribution in [0.1, 0.15) is 27.7 Å². The molecule has 2 atom stereocenters. The standard InChI is InChI=1S/C16H15N3O5/c1-9-13(18-24-17-9)14(20)19-6-11-10-4-2-3-5-12(10)23-8-16(11,7-19)15(21)22/h2-5,11H,6-8H2,1H3,(H,21,22)/t11-,16-/m0/s1. The normalized spacial score (nSPS) is 24.9. The summed E-state index contributed by atoms with van der Waals surface area (Å²) >= 11 is 0. The van der Waals surface area contributed by atoms with Crippen molar-refractivity contribution in [1.29, 1.82) is 0 Å². The molecule has 1 amide bonds. The van der Waals surface area contributed by atoms with E-state index in [0.717, 1.165) is 5.56 Å². The van der Waals surface area contributed by atoms with Gasteiger partial charge in [-0.1, -0.05) is 23.4 Å². The number of rotatable bonds is 2. The fraction of sp³-hybridized carbons (Fsp3) is 0.375. The number of carboxylic acid groups (broad SMARTS) is 1. The van der Waals surface area contributed by atoms with Crippen LogP contribution in [0.5, 0.6) is 5.75 Å². The lowest BCUT2D eigenvalue weighted by Crippen LogP contribution is -2.46. The number of hydrogen-bond donors (Lipinski definition) is 1. The molecule has 1 fully saturated rings. The lowest BCUT2D eigenvalue weighted by Gasteiger charge is -2.35. The zero-order valence-electron chi connectivity index (χ0n) is 12.9. The SMILES string of the molecule is Cc1nonc1C(=O)N1C[C@H]2c3ccccc3OC[C@@]2(C(=O)O)C1. The van der Waals surface area contributed by atoms with Crippen molar-refractivity contribution in [2.75, 3.05) is 19.7 Å². The highest BCUT2D eigenvalue weighted by molar-refractivity contribution is 5.94. The van der Waals surface area contributed by atoms with Crippen LogP contribution < -0.4 is 4.74 Å². The van der Waals surface area contributed by atoms with Crippen LogP contribution in [0.25, 0.3) is 0 Å². The minimum Gasteiger partial charge on any atom is -0.492 e. The summed E-state index contributed by atoms with van der Waals surface area (Å²) < 4.78 is 10.3. The van der Waals surface area contributed by atoms with Crippen molar-refractivity contribution in [2.24, 2.45) is 5.41 Å². The number of nitrogens with zero attached hydrogens (tertiary/aromatic N) is 3. The second-order valence-corrected chi connectivity index (χ2v) is 6.22. The van der Waals surface area contributed by atoms with Crippen molar-refractivity contribution in [3.05, 3.63) is 41.2 Å². The minimum atomic E-state index is -1.16. The van der Waals surface area contributed by atoms with Crippen molar-refractivity contribution in [2.45, 2.75) is 12.8 Å². The third kappa shape index (κ3) is 1.92. The molecule has 2 aliphatic rings. The number of hydrogen-bond acceptors (Lipinski definition) is 6. The Hall–Kier alpha value is -2.90. The van der Waals surface area contributed by atoms with Gasteiger partial charge < -0.3 is 14.7 Å². The van der Waals surface area contributed by atoms with E-state index in [-0.39, 0.29) is 37.2 Å². The highest BCUT2D eigenvalue weighted by Crippen LogP contribution is 2.49. The lowest BCUT2D eigenvalue weighted by atomic mass is 9.73. The summed E-state index contributed by atoms with van der Waals surface area (Å²) in [4.78, 5) is 26.2. The number of para-hydroxylation sites is 1. The minimum absolute atomic E-state index is 0.0316. The van der Waals surface area contributed by atoms with Gasteiger partial charge in [-0.15, -0.1) is 0 Å². The molecule has 2 aromatic rings. The fourth-order valence-corrected chi connectivity index (χ4v) is 3.57. The largest absolute Gasteiger partial charge is 0.492 e. The molecular formula is C16H15N3O5. The van der Waals surface area contributed by atoms with Crippen LogP contribution in [-0.2, 0) is 4.79 Å². The van der Waals surface area contributed by atoms with E-state index in [4.69, 9.17) is 4.74 Å². The predicted octanol–water partition coefficient (Wildman–Crippen LogP) is 1.08. The maximum absolute atomic E-state index is 12.7. The molecular weight excluding hydrogens is 314 g/mol. The topological polar surface area (TPSA) is 106 Å². The summed E-state index contributed by atoms with van der Waals surface area (Å²) in [5.41, 5.74) is 0.158. The third-order valence-corrected chi connectivity index (χ3v) is 4.89. The number of likely N-dealkylation sites (tertiary alicyclic amines) is 1. The van der Waals surface area contributed by atoms with E-state index in [1.165, 1.54) is 4.90 Å². The Morgan fingerprint density at radius 3 is 2.83 bits per heavy atom. The molecule has 8 nitrogen and oxygen atoms in total. The first-order valence-corrected chi connectivity index (χ1v) is 7.56. The predicted molar refractivity (Wildman–Crippen MR) is 79.7 cm³/mol. The molecule has 0 aliphatic carbocycles. The first-order chi connectivity index (χ1) is 11.5. The third-order valence-electron chi connectivity index (χ3n) is 4.89. The van der Waals surface area contributed by atoms with Gasteiger partial charge in [0.2, 0.25) is 0 Å². The Balaban J connectivity index is 1.73. The zero-order valence-corrected chi connectivity index (χ0v) is 12.9. The van der Waals surface area contributed by atoms with Gasteiger partial charge in [0.1, 0.15) is 23.5 Å². The Bertz CT molecular complexity index is 833. The van der Waals surface area contributed by atoms with Crippen molar-refractivity contribution < 1.29 is 24.1 Å². The van der Waals surface area contributed by atoms with Gasteiger partial charge in [0, 0.05) is 24.6 Å². The molecule has 1 aromatic heterocycles. The molecule has 1 N–H and O–H groups in total. The Morgan fingerprint density at radius 1 is 1.33 bits per heavy atom. The quantitative estimate of drug-likeness (QED) is 0.878. The molecule has 1 aromatic carbocycles. The number of carbonyl (C=O) groups excluding carboxylic acids is 1. The molecule has 3 heterocycles. The van der Waals surface area contributed by atoms with Crippen LogP contribution in [0, 0.1) is 12.3 Å². The smallest absolute Gasteiger partial charge is 0.315 e. The maximum atomic E-state index is 12.7. The summed E-state index contributed by atoms with van der Waals surface area (Å²) in [7, 11) is 0. The first-order valence-electron chi connectivity index (χ1n) is 7.56. The molecule has 2 aliphatic heterocycles. The molecule has 0 spiro atoms. The second-order valence-electron chi connectivity index (χ2n) is 6.22. The second kappa shape index (κ2) is 5.05. The van der Waals surface area contributed by atoms with Gasteiger partial charge in [0.15, 0.2) is 5.69 Å². The van der Waals surface area contributed by atoms with Gasteiger partial charge in [-0.2, -0.15) is 0 Å². The average molecular weight is 329 g/mol. The van der Waals surface area contributed by atoms with Gasteiger partial charge in [-0.3, -0.25) is 9.59 Å². The van der Waals surface area contributed by atoms with Crippen molar-refractivity contribution in [3.63, 3.8) is 0 Å². The van der Waals surface area contributed by atoms with E-state index in [1.807, 2.05) is 24.3 Å². The van der Waals surface area contributed by atoms with Gasteiger partial charge in [0.05, 0.1) is 0 Å². The van der Waals surface area contributed by atoms with E-state index >= 15 is 0 Å². The van der Waals surface area contributed by atoms with Crippen LogP contribution in [0.2, 0.25) is 0 Å². The van der Waals surface area contributed by atoms with Crippen molar-refractivity contribution in [1.82, 2.24) is 15.2 Å². The molecule has 0 bridgehead atoms. The van der Waals surface area contributed by atoms with Crippen LogP contribution in [0.15, 0.2) is 28.9 Å². The maximum Gasteiger partial charge on any atom is 0.315 e. The molecule has 4 rings (SSSR count). The number of aryl methyl sites for hydroxylation is 1. The molecule has 124 valence electrons. The number of aromatic nitrogens is 2. The number of ether oxygens (including phenoxy) is 1. The summed E-state index contributed by atoms with van der Waals surface area (Å²) in [5, 5.41) is 17.1. The van der Waals surface area contributed by atoms with E-state index in [9.17, 15) is 14.7 Å². The Labute approximate surface area is 137 Å². The molecule has 24 heavy (non-hydrogen) atoms. The Morgan fingerprint density at radius 2 is 2.12 bits per heavy atom. The molecule has 8 heteroatoms. The van der Waals surface area contributed by atoms with Gasteiger partial charge in [-0.05, 0) is 18.1 Å². The van der Waals surface area contributed by atoms with Crippen LogP contribution >= 0.6 is 0 Å². The summed E-state index contributed by atoms with van der Waals surface area (Å²) in [5.74, 6) is -0.995. The monoisotopic (exact) mass is 329 g/mol. The number of carboxylic acids is 1. The van der Waals surface area contributed by atoms with Gasteiger partial charge in [0.25, 0.3) is 5.91 Å². The highest BCUT2D eigenvalue weighted by atomic mass is 16.6. The lowest BCUT2D eigenvalue weighted by molar-refractivity contribution is -0.151.